The van der Waals surface area contributed by atoms with Gasteiger partial charge in [0, 0.05) is 32.2 Å². The summed E-state index contributed by atoms with van der Waals surface area (Å²) in [5.74, 6) is 1.93. The minimum Gasteiger partial charge on any atom is -0.453 e. The van der Waals surface area contributed by atoms with Crippen molar-refractivity contribution >= 4 is 17.2 Å². The number of aliphatic imine (C=N–C) groups is 1. The second kappa shape index (κ2) is 7.05. The number of benzene rings is 2. The number of hydrogen-bond donors (Lipinski definition) is 0. The first-order chi connectivity index (χ1) is 12.6. The SMILES string of the molecule is CC(=NCN1CCN(C)CC1)N1c2ccccc2Oc2ccc(F)cc21. The van der Waals surface area contributed by atoms with Gasteiger partial charge in [-0.25, -0.2) is 4.39 Å². The normalized spacial score (nSPS) is 18.3. The van der Waals surface area contributed by atoms with E-state index in [-0.39, 0.29) is 5.82 Å². The monoisotopic (exact) mass is 354 g/mol. The van der Waals surface area contributed by atoms with E-state index in [4.69, 9.17) is 9.73 Å². The molecule has 1 fully saturated rings. The van der Waals surface area contributed by atoms with Gasteiger partial charge in [-0.15, -0.1) is 0 Å². The van der Waals surface area contributed by atoms with Crippen LogP contribution in [0.1, 0.15) is 6.92 Å². The molecule has 1 saturated heterocycles. The smallest absolute Gasteiger partial charge is 0.151 e. The molecule has 2 aliphatic heterocycles. The van der Waals surface area contributed by atoms with Crippen LogP contribution < -0.4 is 9.64 Å². The molecule has 0 saturated carbocycles. The number of hydrogen-bond acceptors (Lipinski definition) is 4. The number of anilines is 2. The fourth-order valence-corrected chi connectivity index (χ4v) is 3.34. The Morgan fingerprint density at radius 2 is 1.77 bits per heavy atom. The Morgan fingerprint density at radius 1 is 1.04 bits per heavy atom. The molecule has 0 amide bonds. The van der Waals surface area contributed by atoms with Gasteiger partial charge in [-0.1, -0.05) is 12.1 Å². The predicted molar refractivity (Wildman–Crippen MR) is 102 cm³/mol. The van der Waals surface area contributed by atoms with E-state index in [1.165, 1.54) is 12.1 Å². The van der Waals surface area contributed by atoms with Crippen LogP contribution in [0.4, 0.5) is 15.8 Å². The van der Waals surface area contributed by atoms with Crippen LogP contribution in [-0.2, 0) is 0 Å². The molecule has 2 aromatic rings. The van der Waals surface area contributed by atoms with E-state index in [0.717, 1.165) is 43.5 Å². The van der Waals surface area contributed by atoms with Crippen LogP contribution in [0, 0.1) is 5.82 Å². The molecule has 0 N–H and O–H groups in total. The van der Waals surface area contributed by atoms with Crippen LogP contribution >= 0.6 is 0 Å². The largest absolute Gasteiger partial charge is 0.453 e. The van der Waals surface area contributed by atoms with Crippen molar-refractivity contribution < 1.29 is 9.13 Å². The molecule has 0 unspecified atom stereocenters. The summed E-state index contributed by atoms with van der Waals surface area (Å²) < 4.78 is 19.8. The summed E-state index contributed by atoms with van der Waals surface area (Å²) >= 11 is 0. The highest BCUT2D eigenvalue weighted by Crippen LogP contribution is 2.46. The Hall–Kier alpha value is -2.44. The Bertz CT molecular complexity index is 830. The third kappa shape index (κ3) is 3.30. The van der Waals surface area contributed by atoms with Crippen molar-refractivity contribution in [3.05, 3.63) is 48.3 Å². The maximum absolute atomic E-state index is 13.9. The highest BCUT2D eigenvalue weighted by atomic mass is 19.1. The summed E-state index contributed by atoms with van der Waals surface area (Å²) in [6.07, 6.45) is 0. The van der Waals surface area contributed by atoms with Gasteiger partial charge in [0.05, 0.1) is 18.0 Å². The van der Waals surface area contributed by atoms with E-state index in [2.05, 4.69) is 16.8 Å². The van der Waals surface area contributed by atoms with E-state index >= 15 is 0 Å². The van der Waals surface area contributed by atoms with Crippen LogP contribution in [0.5, 0.6) is 11.5 Å². The van der Waals surface area contributed by atoms with Gasteiger partial charge in [-0.2, -0.15) is 0 Å². The zero-order chi connectivity index (χ0) is 18.1. The van der Waals surface area contributed by atoms with Crippen molar-refractivity contribution in [3.63, 3.8) is 0 Å². The lowest BCUT2D eigenvalue weighted by molar-refractivity contribution is 0.158. The van der Waals surface area contributed by atoms with Crippen molar-refractivity contribution in [2.75, 3.05) is 44.8 Å². The van der Waals surface area contributed by atoms with Gasteiger partial charge in [0.2, 0.25) is 0 Å². The molecule has 136 valence electrons. The second-order valence-electron chi connectivity index (χ2n) is 6.79. The minimum absolute atomic E-state index is 0.288. The number of piperazine rings is 1. The molecule has 2 heterocycles. The van der Waals surface area contributed by atoms with E-state index in [9.17, 15) is 4.39 Å². The standard InChI is InChI=1S/C20H23FN4O/c1-15(22-14-24-11-9-23(2)10-12-24)25-17-5-3-4-6-19(17)26-20-8-7-16(21)13-18(20)25/h3-8,13H,9-12,14H2,1-2H3. The topological polar surface area (TPSA) is 31.3 Å². The number of ether oxygens (including phenoxy) is 1. The van der Waals surface area contributed by atoms with Crippen molar-refractivity contribution in [3.8, 4) is 11.5 Å². The minimum atomic E-state index is -0.288. The van der Waals surface area contributed by atoms with Gasteiger partial charge >= 0.3 is 0 Å². The third-order valence-corrected chi connectivity index (χ3v) is 4.91. The Balaban J connectivity index is 1.64. The number of nitrogens with zero attached hydrogens (tertiary/aromatic N) is 4. The van der Waals surface area contributed by atoms with Crippen LogP contribution in [0.25, 0.3) is 0 Å². The molecule has 6 heteroatoms. The maximum Gasteiger partial charge on any atom is 0.151 e. The number of amidine groups is 1. The van der Waals surface area contributed by atoms with Crippen molar-refractivity contribution in [2.24, 2.45) is 4.99 Å². The summed E-state index contributed by atoms with van der Waals surface area (Å²) in [7, 11) is 2.14. The molecular weight excluding hydrogens is 331 g/mol. The first-order valence-electron chi connectivity index (χ1n) is 8.90. The van der Waals surface area contributed by atoms with Gasteiger partial charge in [-0.3, -0.25) is 14.8 Å². The number of rotatable bonds is 2. The third-order valence-electron chi connectivity index (χ3n) is 4.91. The first kappa shape index (κ1) is 17.0. The van der Waals surface area contributed by atoms with Gasteiger partial charge in [0.25, 0.3) is 0 Å². The second-order valence-corrected chi connectivity index (χ2v) is 6.79. The van der Waals surface area contributed by atoms with Gasteiger partial charge in [-0.05, 0) is 38.2 Å². The van der Waals surface area contributed by atoms with E-state index in [1.54, 1.807) is 6.07 Å². The molecule has 5 nitrogen and oxygen atoms in total. The predicted octanol–water partition coefficient (Wildman–Crippen LogP) is 3.69. The van der Waals surface area contributed by atoms with Crippen molar-refractivity contribution in [1.29, 1.82) is 0 Å². The average molecular weight is 354 g/mol. The molecular formula is C20H23FN4O. The fraction of sp³-hybridized carbons (Fsp3) is 0.350. The molecule has 0 aliphatic carbocycles. The van der Waals surface area contributed by atoms with Crippen molar-refractivity contribution in [1.82, 2.24) is 9.80 Å². The molecule has 0 radical (unpaired) electrons. The van der Waals surface area contributed by atoms with Crippen LogP contribution in [0.2, 0.25) is 0 Å². The summed E-state index contributed by atoms with van der Waals surface area (Å²) in [6.45, 7) is 6.75. The number of halogens is 1. The zero-order valence-corrected chi connectivity index (χ0v) is 15.2. The van der Waals surface area contributed by atoms with Crippen LogP contribution in [0.3, 0.4) is 0 Å². The molecule has 0 atom stereocenters. The van der Waals surface area contributed by atoms with Gasteiger partial charge < -0.3 is 9.64 Å². The Kier molecular flexibility index (Phi) is 4.61. The zero-order valence-electron chi connectivity index (χ0n) is 15.2. The molecule has 2 aliphatic rings. The summed E-state index contributed by atoms with van der Waals surface area (Å²) in [5, 5.41) is 0. The summed E-state index contributed by atoms with van der Waals surface area (Å²) in [4.78, 5) is 11.4. The maximum atomic E-state index is 13.9. The summed E-state index contributed by atoms with van der Waals surface area (Å²) in [6, 6.07) is 12.4. The lowest BCUT2D eigenvalue weighted by Crippen LogP contribution is -2.44. The Labute approximate surface area is 153 Å². The quantitative estimate of drug-likeness (QED) is 0.608. The van der Waals surface area contributed by atoms with Crippen molar-refractivity contribution in [2.45, 2.75) is 6.92 Å². The number of fused-ring (bicyclic) bond motifs is 2. The molecule has 2 aromatic carbocycles. The molecule has 26 heavy (non-hydrogen) atoms. The number of para-hydroxylation sites is 2. The highest BCUT2D eigenvalue weighted by Gasteiger charge is 2.26. The summed E-state index contributed by atoms with van der Waals surface area (Å²) in [5.41, 5.74) is 1.56. The van der Waals surface area contributed by atoms with Crippen LogP contribution in [0.15, 0.2) is 47.5 Å². The van der Waals surface area contributed by atoms with E-state index in [1.807, 2.05) is 36.1 Å². The number of likely N-dealkylation sites (N-methyl/N-ethyl adjacent to an activating group) is 1. The molecule has 0 spiro atoms. The lowest BCUT2D eigenvalue weighted by atomic mass is 10.1. The highest BCUT2D eigenvalue weighted by molar-refractivity contribution is 6.06. The molecule has 0 bridgehead atoms. The van der Waals surface area contributed by atoms with E-state index < -0.39 is 0 Å². The molecule has 0 aromatic heterocycles. The van der Waals surface area contributed by atoms with Crippen LogP contribution in [-0.4, -0.2) is 55.5 Å². The lowest BCUT2D eigenvalue weighted by Gasteiger charge is -2.34. The van der Waals surface area contributed by atoms with Gasteiger partial charge in [0.1, 0.15) is 11.7 Å². The Morgan fingerprint density at radius 3 is 2.58 bits per heavy atom. The van der Waals surface area contributed by atoms with E-state index in [0.29, 0.717) is 18.1 Å². The average Bonchev–Trinajstić information content (AvgIpc) is 2.65. The first-order valence-corrected chi connectivity index (χ1v) is 8.90. The fourth-order valence-electron chi connectivity index (χ4n) is 3.34. The van der Waals surface area contributed by atoms with Gasteiger partial charge in [0.15, 0.2) is 11.5 Å². The molecule has 4 rings (SSSR count).